The van der Waals surface area contributed by atoms with Crippen molar-refractivity contribution in [3.8, 4) is 0 Å². The molecule has 0 N–H and O–H groups in total. The topological polar surface area (TPSA) is 22.0 Å². The van der Waals surface area contributed by atoms with E-state index in [1.807, 2.05) is 6.07 Å². The normalized spacial score (nSPS) is 10.5. The molecule has 0 spiro atoms. The first-order valence-electron chi connectivity index (χ1n) is 5.18. The molecule has 0 radical (unpaired) electrons. The Kier molecular flexibility index (Phi) is 3.43. The Morgan fingerprint density at radius 1 is 1.35 bits per heavy atom. The van der Waals surface area contributed by atoms with Crippen molar-refractivity contribution in [2.24, 2.45) is 0 Å². The Morgan fingerprint density at radius 3 is 2.82 bits per heavy atom. The van der Waals surface area contributed by atoms with E-state index in [0.717, 1.165) is 5.56 Å². The molecule has 1 heterocycles. The first-order valence-corrected chi connectivity index (χ1v) is 5.97. The summed E-state index contributed by atoms with van der Waals surface area (Å²) < 4.78 is 15.1. The predicted molar refractivity (Wildman–Crippen MR) is 68.6 cm³/mol. The van der Waals surface area contributed by atoms with Crippen molar-refractivity contribution < 1.29 is 4.39 Å². The Balaban J connectivity index is 2.35. The molecule has 0 aliphatic heterocycles. The maximum Gasteiger partial charge on any atom is 0.253 e. The van der Waals surface area contributed by atoms with Crippen molar-refractivity contribution in [2.45, 2.75) is 13.5 Å². The molecule has 0 fully saturated rings. The molecule has 0 atom stereocenters. The molecule has 2 aromatic rings. The minimum absolute atomic E-state index is 0.0204. The molecule has 0 bridgehead atoms. The number of hydrogen-bond acceptors (Lipinski definition) is 1. The molecular formula is C13H11BrFNO. The van der Waals surface area contributed by atoms with Gasteiger partial charge in [-0.1, -0.05) is 12.1 Å². The molecule has 0 unspecified atom stereocenters. The molecule has 17 heavy (non-hydrogen) atoms. The smallest absolute Gasteiger partial charge is 0.253 e. The van der Waals surface area contributed by atoms with Crippen LogP contribution >= 0.6 is 15.9 Å². The number of benzene rings is 1. The van der Waals surface area contributed by atoms with Crippen LogP contribution in [0.15, 0.2) is 45.8 Å². The monoisotopic (exact) mass is 295 g/mol. The van der Waals surface area contributed by atoms with Crippen molar-refractivity contribution in [1.82, 2.24) is 4.57 Å². The van der Waals surface area contributed by atoms with Gasteiger partial charge in [0.15, 0.2) is 0 Å². The lowest BCUT2D eigenvalue weighted by Gasteiger charge is -2.07. The summed E-state index contributed by atoms with van der Waals surface area (Å²) >= 11 is 3.13. The van der Waals surface area contributed by atoms with E-state index in [1.165, 1.54) is 6.07 Å². The van der Waals surface area contributed by atoms with Gasteiger partial charge in [-0.25, -0.2) is 4.39 Å². The third kappa shape index (κ3) is 2.64. The third-order valence-electron chi connectivity index (χ3n) is 2.55. The number of halogens is 2. The summed E-state index contributed by atoms with van der Waals surface area (Å²) in [4.78, 5) is 11.8. The average Bonchev–Trinajstić information content (AvgIpc) is 2.30. The number of nitrogens with zero attached hydrogens (tertiary/aromatic N) is 1. The van der Waals surface area contributed by atoms with Crippen LogP contribution in [0.2, 0.25) is 0 Å². The van der Waals surface area contributed by atoms with E-state index >= 15 is 0 Å². The lowest BCUT2D eigenvalue weighted by atomic mass is 10.2. The van der Waals surface area contributed by atoms with E-state index in [9.17, 15) is 9.18 Å². The lowest BCUT2D eigenvalue weighted by Crippen LogP contribution is -2.21. The standard InChI is InChI=1S/C13H11BrFNO/c1-9-3-2-6-16(13(9)17)8-10-4-5-12(15)11(14)7-10/h2-7H,8H2,1H3. The maximum atomic E-state index is 13.1. The van der Waals surface area contributed by atoms with Crippen LogP contribution in [0.3, 0.4) is 0 Å². The maximum absolute atomic E-state index is 13.1. The number of aromatic nitrogens is 1. The van der Waals surface area contributed by atoms with Gasteiger partial charge >= 0.3 is 0 Å². The molecule has 0 amide bonds. The molecule has 0 saturated carbocycles. The highest BCUT2D eigenvalue weighted by molar-refractivity contribution is 9.10. The van der Waals surface area contributed by atoms with E-state index in [4.69, 9.17) is 0 Å². The van der Waals surface area contributed by atoms with E-state index in [1.54, 1.807) is 35.9 Å². The van der Waals surface area contributed by atoms with Crippen molar-refractivity contribution in [1.29, 1.82) is 0 Å². The van der Waals surface area contributed by atoms with Crippen LogP contribution in [-0.2, 0) is 6.54 Å². The molecule has 88 valence electrons. The second-order valence-corrected chi connectivity index (χ2v) is 4.73. The van der Waals surface area contributed by atoms with Crippen molar-refractivity contribution in [3.05, 3.63) is 68.3 Å². The fourth-order valence-electron chi connectivity index (χ4n) is 1.62. The molecule has 0 aliphatic carbocycles. The van der Waals surface area contributed by atoms with Gasteiger partial charge in [0, 0.05) is 11.8 Å². The second-order valence-electron chi connectivity index (χ2n) is 3.87. The zero-order valence-electron chi connectivity index (χ0n) is 9.28. The Hall–Kier alpha value is -1.42. The minimum atomic E-state index is -0.301. The second kappa shape index (κ2) is 4.84. The number of hydrogen-bond donors (Lipinski definition) is 0. The number of aryl methyl sites for hydroxylation is 1. The fraction of sp³-hybridized carbons (Fsp3) is 0.154. The number of rotatable bonds is 2. The van der Waals surface area contributed by atoms with Crippen LogP contribution in [0.25, 0.3) is 0 Å². The highest BCUT2D eigenvalue weighted by Gasteiger charge is 2.03. The average molecular weight is 296 g/mol. The summed E-state index contributed by atoms with van der Waals surface area (Å²) in [6, 6.07) is 8.36. The molecule has 2 nitrogen and oxygen atoms in total. The van der Waals surface area contributed by atoms with Crippen LogP contribution in [0.1, 0.15) is 11.1 Å². The van der Waals surface area contributed by atoms with E-state index in [-0.39, 0.29) is 11.4 Å². The predicted octanol–water partition coefficient (Wildman–Crippen LogP) is 3.11. The largest absolute Gasteiger partial charge is 0.311 e. The third-order valence-corrected chi connectivity index (χ3v) is 3.16. The van der Waals surface area contributed by atoms with Crippen LogP contribution in [0.4, 0.5) is 4.39 Å². The molecule has 1 aromatic carbocycles. The van der Waals surface area contributed by atoms with Gasteiger partial charge in [-0.3, -0.25) is 4.79 Å². The minimum Gasteiger partial charge on any atom is -0.311 e. The van der Waals surface area contributed by atoms with Gasteiger partial charge in [0.25, 0.3) is 5.56 Å². The zero-order valence-corrected chi connectivity index (χ0v) is 10.9. The van der Waals surface area contributed by atoms with Crippen molar-refractivity contribution >= 4 is 15.9 Å². The highest BCUT2D eigenvalue weighted by atomic mass is 79.9. The quantitative estimate of drug-likeness (QED) is 0.834. The van der Waals surface area contributed by atoms with E-state index < -0.39 is 0 Å². The first-order chi connectivity index (χ1) is 8.08. The van der Waals surface area contributed by atoms with Gasteiger partial charge in [0.2, 0.25) is 0 Å². The SMILES string of the molecule is Cc1cccn(Cc2ccc(F)c(Br)c2)c1=O. The summed E-state index contributed by atoms with van der Waals surface area (Å²) in [6.45, 7) is 2.22. The Morgan fingerprint density at radius 2 is 2.12 bits per heavy atom. The summed E-state index contributed by atoms with van der Waals surface area (Å²) in [5.41, 5.74) is 1.56. The molecule has 1 aromatic heterocycles. The molecule has 0 aliphatic rings. The van der Waals surface area contributed by atoms with Crippen LogP contribution < -0.4 is 5.56 Å². The fourth-order valence-corrected chi connectivity index (χ4v) is 2.04. The van der Waals surface area contributed by atoms with Crippen LogP contribution in [-0.4, -0.2) is 4.57 Å². The van der Waals surface area contributed by atoms with Gasteiger partial charge < -0.3 is 4.57 Å². The van der Waals surface area contributed by atoms with E-state index in [2.05, 4.69) is 15.9 Å². The highest BCUT2D eigenvalue weighted by Crippen LogP contribution is 2.17. The zero-order chi connectivity index (χ0) is 12.4. The Bertz CT molecular complexity index is 607. The van der Waals surface area contributed by atoms with Gasteiger partial charge in [0.05, 0.1) is 11.0 Å². The summed E-state index contributed by atoms with van der Waals surface area (Å²) in [7, 11) is 0. The molecular weight excluding hydrogens is 285 g/mol. The van der Waals surface area contributed by atoms with Crippen molar-refractivity contribution in [3.63, 3.8) is 0 Å². The van der Waals surface area contributed by atoms with Crippen LogP contribution in [0.5, 0.6) is 0 Å². The van der Waals surface area contributed by atoms with E-state index in [0.29, 0.717) is 16.6 Å². The van der Waals surface area contributed by atoms with Crippen molar-refractivity contribution in [2.75, 3.05) is 0 Å². The Labute approximate surface area is 107 Å². The van der Waals surface area contributed by atoms with Gasteiger partial charge in [-0.15, -0.1) is 0 Å². The van der Waals surface area contributed by atoms with Gasteiger partial charge in [-0.05, 0) is 46.6 Å². The van der Waals surface area contributed by atoms with Gasteiger partial charge in [0.1, 0.15) is 5.82 Å². The molecule has 4 heteroatoms. The first kappa shape index (κ1) is 12.0. The summed E-state index contributed by atoms with van der Waals surface area (Å²) in [5, 5.41) is 0. The summed E-state index contributed by atoms with van der Waals surface area (Å²) in [5.74, 6) is -0.301. The number of pyridine rings is 1. The van der Waals surface area contributed by atoms with Crippen LogP contribution in [0, 0.1) is 12.7 Å². The lowest BCUT2D eigenvalue weighted by molar-refractivity contribution is 0.619. The molecule has 0 saturated heterocycles. The molecule has 2 rings (SSSR count). The van der Waals surface area contributed by atoms with Gasteiger partial charge in [-0.2, -0.15) is 0 Å². The summed E-state index contributed by atoms with van der Waals surface area (Å²) in [6.07, 6.45) is 1.73.